The lowest BCUT2D eigenvalue weighted by atomic mass is 10.1. The number of likely N-dealkylation sites (tertiary alicyclic amines) is 1. The lowest BCUT2D eigenvalue weighted by molar-refractivity contribution is 0.238. The van der Waals surface area contributed by atoms with Crippen molar-refractivity contribution >= 4 is 0 Å². The van der Waals surface area contributed by atoms with E-state index in [2.05, 4.69) is 43.4 Å². The number of nitrogens with zero attached hydrogens (tertiary/aromatic N) is 6. The first-order valence-electron chi connectivity index (χ1n) is 11.0. The molecule has 0 bridgehead atoms. The Morgan fingerprint density at radius 2 is 1.75 bits per heavy atom. The van der Waals surface area contributed by atoms with E-state index in [-0.39, 0.29) is 0 Å². The fraction of sp³-hybridized carbons (Fsp3) is 0.280. The largest absolute Gasteiger partial charge is 0.492 e. The Bertz CT molecular complexity index is 1170. The van der Waals surface area contributed by atoms with Gasteiger partial charge in [-0.2, -0.15) is 4.68 Å². The zero-order valence-corrected chi connectivity index (χ0v) is 18.2. The Morgan fingerprint density at radius 1 is 0.906 bits per heavy atom. The third kappa shape index (κ3) is 4.38. The van der Waals surface area contributed by atoms with Crippen LogP contribution >= 0.6 is 0 Å². The fourth-order valence-corrected chi connectivity index (χ4v) is 4.08. The van der Waals surface area contributed by atoms with Crippen LogP contribution in [-0.4, -0.2) is 56.1 Å². The van der Waals surface area contributed by atoms with Crippen LogP contribution in [0.25, 0.3) is 28.3 Å². The summed E-state index contributed by atoms with van der Waals surface area (Å²) >= 11 is 0. The van der Waals surface area contributed by atoms with Gasteiger partial charge in [-0.05, 0) is 81.4 Å². The number of rotatable bonds is 7. The second-order valence-electron chi connectivity index (χ2n) is 7.97. The van der Waals surface area contributed by atoms with Crippen LogP contribution in [-0.2, 0) is 0 Å². The quantitative estimate of drug-likeness (QED) is 0.442. The van der Waals surface area contributed by atoms with E-state index in [0.29, 0.717) is 0 Å². The van der Waals surface area contributed by atoms with Crippen LogP contribution in [0.5, 0.6) is 5.75 Å². The molecule has 0 atom stereocenters. The maximum Gasteiger partial charge on any atom is 0.155 e. The molecule has 4 heterocycles. The molecule has 0 unspecified atom stereocenters. The maximum absolute atomic E-state index is 5.93. The molecule has 162 valence electrons. The highest BCUT2D eigenvalue weighted by molar-refractivity contribution is 5.70. The Kier molecular flexibility index (Phi) is 5.89. The number of hydrogen-bond acceptors (Lipinski definition) is 6. The highest BCUT2D eigenvalue weighted by atomic mass is 16.5. The maximum atomic E-state index is 5.93. The number of benzene rings is 1. The van der Waals surface area contributed by atoms with Gasteiger partial charge in [-0.3, -0.25) is 9.88 Å². The van der Waals surface area contributed by atoms with Crippen molar-refractivity contribution in [1.82, 2.24) is 29.9 Å². The van der Waals surface area contributed by atoms with Gasteiger partial charge in [0.25, 0.3) is 0 Å². The number of aryl methyl sites for hydroxylation is 1. The molecule has 0 amide bonds. The minimum Gasteiger partial charge on any atom is -0.492 e. The van der Waals surface area contributed by atoms with Crippen molar-refractivity contribution < 1.29 is 4.74 Å². The van der Waals surface area contributed by atoms with Gasteiger partial charge in [-0.25, -0.2) is 4.98 Å². The molecule has 5 rings (SSSR count). The summed E-state index contributed by atoms with van der Waals surface area (Å²) in [6, 6.07) is 17.9. The molecular formula is C25H26N6O. The summed E-state index contributed by atoms with van der Waals surface area (Å²) in [5.41, 5.74) is 4.67. The Balaban J connectivity index is 1.34. The molecule has 4 aromatic rings. The van der Waals surface area contributed by atoms with Crippen molar-refractivity contribution in [1.29, 1.82) is 0 Å². The van der Waals surface area contributed by atoms with Gasteiger partial charge in [-0.15, -0.1) is 5.10 Å². The summed E-state index contributed by atoms with van der Waals surface area (Å²) in [5.74, 6) is 1.62. The lowest BCUT2D eigenvalue weighted by Gasteiger charge is -2.15. The highest BCUT2D eigenvalue weighted by Crippen LogP contribution is 2.28. The van der Waals surface area contributed by atoms with Gasteiger partial charge in [0.1, 0.15) is 12.4 Å². The second-order valence-corrected chi connectivity index (χ2v) is 7.97. The molecule has 1 aliphatic heterocycles. The third-order valence-corrected chi connectivity index (χ3v) is 5.76. The summed E-state index contributed by atoms with van der Waals surface area (Å²) in [5, 5.41) is 8.57. The molecule has 7 nitrogen and oxygen atoms in total. The SMILES string of the molecule is Cc1nnn(-c2ccccn2)c1-c1ccnc(-c2ccc(OCCN3CCCC3)cc2)c1. The Morgan fingerprint density at radius 3 is 2.53 bits per heavy atom. The molecule has 0 saturated carbocycles. The lowest BCUT2D eigenvalue weighted by Crippen LogP contribution is -2.25. The van der Waals surface area contributed by atoms with E-state index < -0.39 is 0 Å². The average molecular weight is 427 g/mol. The van der Waals surface area contributed by atoms with Crippen LogP contribution in [0.3, 0.4) is 0 Å². The molecule has 0 radical (unpaired) electrons. The van der Waals surface area contributed by atoms with Crippen LogP contribution < -0.4 is 4.74 Å². The molecule has 32 heavy (non-hydrogen) atoms. The second kappa shape index (κ2) is 9.28. The van der Waals surface area contributed by atoms with Gasteiger partial charge < -0.3 is 4.74 Å². The molecule has 3 aromatic heterocycles. The smallest absolute Gasteiger partial charge is 0.155 e. The van der Waals surface area contributed by atoms with E-state index in [1.54, 1.807) is 10.9 Å². The van der Waals surface area contributed by atoms with Crippen LogP contribution in [0.1, 0.15) is 18.5 Å². The molecule has 7 heteroatoms. The number of aromatic nitrogens is 5. The predicted octanol–water partition coefficient (Wildman–Crippen LogP) is 4.17. The number of ether oxygens (including phenoxy) is 1. The van der Waals surface area contributed by atoms with E-state index in [4.69, 9.17) is 4.74 Å². The van der Waals surface area contributed by atoms with Crippen molar-refractivity contribution in [2.75, 3.05) is 26.2 Å². The third-order valence-electron chi connectivity index (χ3n) is 5.76. The molecule has 1 aliphatic rings. The van der Waals surface area contributed by atoms with Crippen LogP contribution in [0, 0.1) is 6.92 Å². The van der Waals surface area contributed by atoms with Gasteiger partial charge in [0.15, 0.2) is 5.82 Å². The summed E-state index contributed by atoms with van der Waals surface area (Å²) in [6.45, 7) is 6.05. The molecule has 0 N–H and O–H groups in total. The van der Waals surface area contributed by atoms with Crippen molar-refractivity contribution in [3.8, 4) is 34.1 Å². The first-order valence-corrected chi connectivity index (χ1v) is 11.0. The van der Waals surface area contributed by atoms with Crippen molar-refractivity contribution in [2.24, 2.45) is 0 Å². The first kappa shape index (κ1) is 20.3. The predicted molar refractivity (Wildman–Crippen MR) is 124 cm³/mol. The molecule has 0 spiro atoms. The van der Waals surface area contributed by atoms with Crippen LogP contribution in [0.4, 0.5) is 0 Å². The monoisotopic (exact) mass is 426 g/mol. The molecular weight excluding hydrogens is 400 g/mol. The van der Waals surface area contributed by atoms with Crippen LogP contribution in [0.2, 0.25) is 0 Å². The normalized spacial score (nSPS) is 14.0. The van der Waals surface area contributed by atoms with E-state index in [9.17, 15) is 0 Å². The van der Waals surface area contributed by atoms with Gasteiger partial charge >= 0.3 is 0 Å². The zero-order chi connectivity index (χ0) is 21.8. The summed E-state index contributed by atoms with van der Waals surface area (Å²) < 4.78 is 7.70. The zero-order valence-electron chi connectivity index (χ0n) is 18.2. The van der Waals surface area contributed by atoms with Gasteiger partial charge in [0, 0.05) is 30.1 Å². The topological polar surface area (TPSA) is 69.0 Å². The molecule has 1 fully saturated rings. The number of hydrogen-bond donors (Lipinski definition) is 0. The van der Waals surface area contributed by atoms with E-state index >= 15 is 0 Å². The molecule has 0 aliphatic carbocycles. The first-order chi connectivity index (χ1) is 15.8. The van der Waals surface area contributed by atoms with Crippen molar-refractivity contribution in [3.05, 3.63) is 72.7 Å². The van der Waals surface area contributed by atoms with E-state index in [1.165, 1.54) is 25.9 Å². The molecule has 1 aromatic carbocycles. The highest BCUT2D eigenvalue weighted by Gasteiger charge is 2.15. The number of pyridine rings is 2. The van der Waals surface area contributed by atoms with Gasteiger partial charge in [-0.1, -0.05) is 11.3 Å². The van der Waals surface area contributed by atoms with Crippen molar-refractivity contribution in [2.45, 2.75) is 19.8 Å². The van der Waals surface area contributed by atoms with Crippen LogP contribution in [0.15, 0.2) is 67.0 Å². The van der Waals surface area contributed by atoms with E-state index in [0.717, 1.165) is 52.9 Å². The Labute approximate surface area is 187 Å². The summed E-state index contributed by atoms with van der Waals surface area (Å²) in [7, 11) is 0. The molecule has 1 saturated heterocycles. The summed E-state index contributed by atoms with van der Waals surface area (Å²) in [6.07, 6.45) is 6.18. The van der Waals surface area contributed by atoms with Gasteiger partial charge in [0.05, 0.1) is 17.1 Å². The fourth-order valence-electron chi connectivity index (χ4n) is 4.08. The van der Waals surface area contributed by atoms with E-state index in [1.807, 2.05) is 49.5 Å². The Hall–Kier alpha value is -3.58. The standard InChI is InChI=1S/C25H26N6O/c1-19-25(31(29-28-19)24-6-2-3-12-27-24)21-11-13-26-23(18-21)20-7-9-22(10-8-20)32-17-16-30-14-4-5-15-30/h2-3,6-13,18H,4-5,14-17H2,1H3. The van der Waals surface area contributed by atoms with Crippen molar-refractivity contribution in [3.63, 3.8) is 0 Å². The summed E-state index contributed by atoms with van der Waals surface area (Å²) in [4.78, 5) is 11.5. The minimum atomic E-state index is 0.719. The minimum absolute atomic E-state index is 0.719. The average Bonchev–Trinajstić information content (AvgIpc) is 3.50. The van der Waals surface area contributed by atoms with Gasteiger partial charge in [0.2, 0.25) is 0 Å².